The number of aliphatic carboxylic acids is 1. The van der Waals surface area contributed by atoms with Crippen LogP contribution in [0.15, 0.2) is 0 Å². The molecule has 1 rings (SSSR count). The molecule has 0 aromatic carbocycles. The third kappa shape index (κ3) is 3.43. The number of aryl methyl sites for hydroxylation is 2. The molecule has 0 unspecified atom stereocenters. The first-order valence-electron chi connectivity index (χ1n) is 7.15. The molecule has 21 heavy (non-hydrogen) atoms. The van der Waals surface area contributed by atoms with Crippen molar-refractivity contribution in [1.82, 2.24) is 14.7 Å². The van der Waals surface area contributed by atoms with E-state index in [-0.39, 0.29) is 12.3 Å². The molecular formula is C15H25N3O3. The van der Waals surface area contributed by atoms with Gasteiger partial charge in [0.2, 0.25) is 5.91 Å². The molecule has 1 heterocycles. The van der Waals surface area contributed by atoms with Crippen LogP contribution in [-0.4, -0.2) is 43.7 Å². The first-order valence-corrected chi connectivity index (χ1v) is 7.15. The molecule has 0 saturated carbocycles. The van der Waals surface area contributed by atoms with Crippen LogP contribution in [0.25, 0.3) is 0 Å². The van der Waals surface area contributed by atoms with E-state index >= 15 is 0 Å². The number of aromatic nitrogens is 2. The molecule has 6 heteroatoms. The molecule has 0 saturated heterocycles. The van der Waals surface area contributed by atoms with Crippen molar-refractivity contribution in [2.75, 3.05) is 6.54 Å². The molecule has 118 valence electrons. The molecular weight excluding hydrogens is 270 g/mol. The van der Waals surface area contributed by atoms with Gasteiger partial charge in [-0.3, -0.25) is 9.48 Å². The van der Waals surface area contributed by atoms with Gasteiger partial charge < -0.3 is 10.0 Å². The number of carbonyl (C=O) groups excluding carboxylic acids is 1. The Morgan fingerprint density at radius 2 is 1.90 bits per heavy atom. The van der Waals surface area contributed by atoms with E-state index in [0.717, 1.165) is 17.0 Å². The topological polar surface area (TPSA) is 75.4 Å². The zero-order chi connectivity index (χ0) is 16.4. The van der Waals surface area contributed by atoms with Crippen molar-refractivity contribution in [3.8, 4) is 0 Å². The van der Waals surface area contributed by atoms with Gasteiger partial charge >= 0.3 is 5.97 Å². The number of carboxylic acids is 1. The molecule has 0 radical (unpaired) electrons. The second-order valence-electron chi connectivity index (χ2n) is 5.78. The normalized spacial score (nSPS) is 11.5. The molecule has 1 N–H and O–H groups in total. The maximum Gasteiger partial charge on any atom is 0.329 e. The van der Waals surface area contributed by atoms with Crippen LogP contribution in [0.2, 0.25) is 0 Å². The number of hydrogen-bond donors (Lipinski definition) is 1. The fraction of sp³-hybridized carbons (Fsp3) is 0.667. The van der Waals surface area contributed by atoms with Gasteiger partial charge in [0, 0.05) is 25.7 Å². The van der Waals surface area contributed by atoms with Crippen LogP contribution in [0.1, 0.15) is 44.1 Å². The lowest BCUT2D eigenvalue weighted by Gasteiger charge is -2.34. The van der Waals surface area contributed by atoms with Gasteiger partial charge in [-0.05, 0) is 46.6 Å². The maximum atomic E-state index is 12.4. The van der Waals surface area contributed by atoms with Crippen LogP contribution in [-0.2, 0) is 23.1 Å². The molecule has 1 aromatic rings. The minimum absolute atomic E-state index is 0.146. The molecule has 1 aromatic heterocycles. The maximum absolute atomic E-state index is 12.4. The average Bonchev–Trinajstić information content (AvgIpc) is 2.61. The van der Waals surface area contributed by atoms with Crippen molar-refractivity contribution in [1.29, 1.82) is 0 Å². The van der Waals surface area contributed by atoms with Crippen molar-refractivity contribution in [2.24, 2.45) is 7.05 Å². The van der Waals surface area contributed by atoms with Crippen LogP contribution >= 0.6 is 0 Å². The molecule has 0 atom stereocenters. The highest BCUT2D eigenvalue weighted by molar-refractivity contribution is 5.86. The van der Waals surface area contributed by atoms with Gasteiger partial charge in [-0.25, -0.2) is 4.79 Å². The summed E-state index contributed by atoms with van der Waals surface area (Å²) in [7, 11) is 1.87. The van der Waals surface area contributed by atoms with Crippen LogP contribution in [0, 0.1) is 13.8 Å². The van der Waals surface area contributed by atoms with Gasteiger partial charge in [-0.15, -0.1) is 0 Å². The summed E-state index contributed by atoms with van der Waals surface area (Å²) in [5, 5.41) is 13.6. The van der Waals surface area contributed by atoms with Crippen LogP contribution in [0.4, 0.5) is 0 Å². The number of rotatable bonds is 6. The largest absolute Gasteiger partial charge is 0.480 e. The standard InChI is InChI=1S/C15H25N3O3/c1-7-18(15(4,5)14(20)21)13(19)9-8-12-10(2)16-17(6)11(12)3/h7-9H2,1-6H3,(H,20,21). The van der Waals surface area contributed by atoms with Gasteiger partial charge in [0.25, 0.3) is 0 Å². The van der Waals surface area contributed by atoms with E-state index in [1.807, 2.05) is 20.9 Å². The number of carbonyl (C=O) groups is 2. The summed E-state index contributed by atoms with van der Waals surface area (Å²) >= 11 is 0. The number of carboxylic acid groups (broad SMARTS) is 1. The Hall–Kier alpha value is -1.85. The third-order valence-electron chi connectivity index (χ3n) is 4.06. The first-order chi connectivity index (χ1) is 9.62. The predicted molar refractivity (Wildman–Crippen MR) is 80.1 cm³/mol. The van der Waals surface area contributed by atoms with E-state index in [1.54, 1.807) is 25.5 Å². The van der Waals surface area contributed by atoms with E-state index < -0.39 is 11.5 Å². The van der Waals surface area contributed by atoms with E-state index in [1.165, 1.54) is 4.90 Å². The minimum atomic E-state index is -1.19. The third-order valence-corrected chi connectivity index (χ3v) is 4.06. The van der Waals surface area contributed by atoms with E-state index in [9.17, 15) is 14.7 Å². The molecule has 0 spiro atoms. The summed E-state index contributed by atoms with van der Waals surface area (Å²) in [5.74, 6) is -1.14. The monoisotopic (exact) mass is 295 g/mol. The summed E-state index contributed by atoms with van der Waals surface area (Å²) < 4.78 is 1.80. The molecule has 6 nitrogen and oxygen atoms in total. The van der Waals surface area contributed by atoms with Crippen molar-refractivity contribution >= 4 is 11.9 Å². The van der Waals surface area contributed by atoms with Gasteiger partial charge in [0.15, 0.2) is 0 Å². The van der Waals surface area contributed by atoms with Gasteiger partial charge in [0.05, 0.1) is 5.69 Å². The fourth-order valence-electron chi connectivity index (χ4n) is 2.55. The fourth-order valence-corrected chi connectivity index (χ4v) is 2.55. The summed E-state index contributed by atoms with van der Waals surface area (Å²) in [6, 6.07) is 0. The Balaban J connectivity index is 2.83. The van der Waals surface area contributed by atoms with E-state index in [4.69, 9.17) is 0 Å². The van der Waals surface area contributed by atoms with E-state index in [2.05, 4.69) is 5.10 Å². The number of amides is 1. The van der Waals surface area contributed by atoms with Crippen molar-refractivity contribution in [3.63, 3.8) is 0 Å². The van der Waals surface area contributed by atoms with Crippen LogP contribution in [0.5, 0.6) is 0 Å². The second kappa shape index (κ2) is 6.28. The highest BCUT2D eigenvalue weighted by Crippen LogP contribution is 2.19. The van der Waals surface area contributed by atoms with Crippen molar-refractivity contribution in [2.45, 2.75) is 53.0 Å². The summed E-state index contributed by atoms with van der Waals surface area (Å²) in [5.41, 5.74) is 1.84. The summed E-state index contributed by atoms with van der Waals surface area (Å²) in [6.07, 6.45) is 0.870. The Kier molecular flexibility index (Phi) is 5.15. The molecule has 0 aliphatic rings. The molecule has 0 fully saturated rings. The Morgan fingerprint density at radius 1 is 1.33 bits per heavy atom. The molecule has 0 aliphatic carbocycles. The quantitative estimate of drug-likeness (QED) is 0.866. The SMILES string of the molecule is CCN(C(=O)CCc1c(C)nn(C)c1C)C(C)(C)C(=O)O. The Bertz CT molecular complexity index is 547. The Labute approximate surface area is 125 Å². The molecule has 1 amide bonds. The van der Waals surface area contributed by atoms with E-state index in [0.29, 0.717) is 13.0 Å². The van der Waals surface area contributed by atoms with Crippen molar-refractivity contribution < 1.29 is 14.7 Å². The lowest BCUT2D eigenvalue weighted by molar-refractivity contribution is -0.156. The zero-order valence-electron chi connectivity index (χ0n) is 13.7. The summed E-state index contributed by atoms with van der Waals surface area (Å²) in [4.78, 5) is 25.1. The second-order valence-corrected chi connectivity index (χ2v) is 5.78. The highest BCUT2D eigenvalue weighted by atomic mass is 16.4. The lowest BCUT2D eigenvalue weighted by atomic mass is 10.0. The smallest absolute Gasteiger partial charge is 0.329 e. The Morgan fingerprint density at radius 3 is 2.29 bits per heavy atom. The van der Waals surface area contributed by atoms with Gasteiger partial charge in [-0.2, -0.15) is 5.10 Å². The number of hydrogen-bond acceptors (Lipinski definition) is 3. The van der Waals surface area contributed by atoms with Crippen LogP contribution in [0.3, 0.4) is 0 Å². The summed E-state index contributed by atoms with van der Waals surface area (Å²) in [6.45, 7) is 9.17. The molecule has 0 aliphatic heterocycles. The average molecular weight is 295 g/mol. The first kappa shape index (κ1) is 17.2. The number of nitrogens with zero attached hydrogens (tertiary/aromatic N) is 3. The zero-order valence-corrected chi connectivity index (χ0v) is 13.7. The molecule has 0 bridgehead atoms. The predicted octanol–water partition coefficient (Wildman–Crippen LogP) is 1.68. The van der Waals surface area contributed by atoms with Crippen LogP contribution < -0.4 is 0 Å². The van der Waals surface area contributed by atoms with Gasteiger partial charge in [-0.1, -0.05) is 0 Å². The van der Waals surface area contributed by atoms with Gasteiger partial charge in [0.1, 0.15) is 5.54 Å². The minimum Gasteiger partial charge on any atom is -0.480 e. The van der Waals surface area contributed by atoms with Crippen molar-refractivity contribution in [3.05, 3.63) is 17.0 Å². The number of likely N-dealkylation sites (N-methyl/N-ethyl adjacent to an activating group) is 1. The lowest BCUT2D eigenvalue weighted by Crippen LogP contribution is -2.53. The highest BCUT2D eigenvalue weighted by Gasteiger charge is 2.36.